The van der Waals surface area contributed by atoms with Gasteiger partial charge in [-0.1, -0.05) is 175 Å². The first-order valence-corrected chi connectivity index (χ1v) is 18.0. The maximum absolute atomic E-state index is 12.5. The molecule has 0 aromatic carbocycles. The minimum absolute atomic E-state index is 0.209. The lowest BCUT2D eigenvalue weighted by Gasteiger charge is -2.18. The molecule has 0 saturated carbocycles. The molecule has 0 N–H and O–H groups in total. The van der Waals surface area contributed by atoms with Crippen LogP contribution in [0.5, 0.6) is 0 Å². The first-order valence-electron chi connectivity index (χ1n) is 18.0. The SMILES string of the molecule is CCCCCCCCCCCCC(=O)OC(CCCCCCCCC)OC(=O)CCCCCCCCCCCC. The molecular formula is C36H70O4. The number of ether oxygens (including phenoxy) is 2. The van der Waals surface area contributed by atoms with Crippen molar-refractivity contribution in [1.29, 1.82) is 0 Å². The largest absolute Gasteiger partial charge is 0.425 e. The van der Waals surface area contributed by atoms with E-state index in [0.29, 0.717) is 19.3 Å². The van der Waals surface area contributed by atoms with Gasteiger partial charge in [-0.25, -0.2) is 0 Å². The number of esters is 2. The van der Waals surface area contributed by atoms with Crippen molar-refractivity contribution in [3.05, 3.63) is 0 Å². The first kappa shape index (κ1) is 38.9. The van der Waals surface area contributed by atoms with Gasteiger partial charge in [0, 0.05) is 19.3 Å². The van der Waals surface area contributed by atoms with E-state index in [0.717, 1.165) is 38.5 Å². The molecule has 0 amide bonds. The van der Waals surface area contributed by atoms with Gasteiger partial charge in [-0.05, 0) is 19.3 Å². The van der Waals surface area contributed by atoms with Crippen molar-refractivity contribution < 1.29 is 19.1 Å². The summed E-state index contributed by atoms with van der Waals surface area (Å²) in [5.74, 6) is -0.418. The Morgan fingerprint density at radius 2 is 0.625 bits per heavy atom. The second kappa shape index (κ2) is 32.5. The highest BCUT2D eigenvalue weighted by atomic mass is 16.7. The second-order valence-corrected chi connectivity index (χ2v) is 12.2. The quantitative estimate of drug-likeness (QED) is 0.0461. The van der Waals surface area contributed by atoms with E-state index in [4.69, 9.17) is 9.47 Å². The molecule has 238 valence electrons. The lowest BCUT2D eigenvalue weighted by molar-refractivity contribution is -0.189. The average molecular weight is 567 g/mol. The van der Waals surface area contributed by atoms with Crippen LogP contribution < -0.4 is 0 Å². The summed E-state index contributed by atoms with van der Waals surface area (Å²) in [5, 5.41) is 0. The maximum Gasteiger partial charge on any atom is 0.308 e. The first-order chi connectivity index (χ1) is 19.6. The third-order valence-corrected chi connectivity index (χ3v) is 8.04. The van der Waals surface area contributed by atoms with E-state index in [2.05, 4.69) is 20.8 Å². The third-order valence-electron chi connectivity index (χ3n) is 8.04. The van der Waals surface area contributed by atoms with Crippen molar-refractivity contribution >= 4 is 11.9 Å². The van der Waals surface area contributed by atoms with E-state index in [1.54, 1.807) is 0 Å². The highest BCUT2D eigenvalue weighted by molar-refractivity contribution is 5.71. The maximum atomic E-state index is 12.5. The Morgan fingerprint density at radius 3 is 0.925 bits per heavy atom. The van der Waals surface area contributed by atoms with E-state index in [9.17, 15) is 9.59 Å². The van der Waals surface area contributed by atoms with Gasteiger partial charge in [0.1, 0.15) is 0 Å². The summed E-state index contributed by atoms with van der Waals surface area (Å²) in [5.41, 5.74) is 0. The van der Waals surface area contributed by atoms with Crippen LogP contribution in [0.15, 0.2) is 0 Å². The van der Waals surface area contributed by atoms with Crippen LogP contribution in [0, 0.1) is 0 Å². The van der Waals surface area contributed by atoms with Crippen LogP contribution >= 0.6 is 0 Å². The number of hydrogen-bond acceptors (Lipinski definition) is 4. The van der Waals surface area contributed by atoms with Crippen LogP contribution in [0.1, 0.15) is 213 Å². The van der Waals surface area contributed by atoms with Crippen molar-refractivity contribution in [3.63, 3.8) is 0 Å². The molecule has 0 saturated heterocycles. The van der Waals surface area contributed by atoms with Gasteiger partial charge in [-0.3, -0.25) is 9.59 Å². The number of carbonyl (C=O) groups excluding carboxylic acids is 2. The fourth-order valence-electron chi connectivity index (χ4n) is 5.33. The second-order valence-electron chi connectivity index (χ2n) is 12.2. The number of hydrogen-bond donors (Lipinski definition) is 0. The van der Waals surface area contributed by atoms with Gasteiger partial charge in [0.05, 0.1) is 0 Å². The van der Waals surface area contributed by atoms with Crippen molar-refractivity contribution in [1.82, 2.24) is 0 Å². The van der Waals surface area contributed by atoms with Crippen LogP contribution in [0.2, 0.25) is 0 Å². The smallest absolute Gasteiger partial charge is 0.308 e. The van der Waals surface area contributed by atoms with Crippen LogP contribution in [0.4, 0.5) is 0 Å². The van der Waals surface area contributed by atoms with E-state index < -0.39 is 6.29 Å². The molecule has 0 spiro atoms. The monoisotopic (exact) mass is 567 g/mol. The zero-order valence-corrected chi connectivity index (χ0v) is 27.4. The van der Waals surface area contributed by atoms with Crippen LogP contribution in [0.25, 0.3) is 0 Å². The van der Waals surface area contributed by atoms with Gasteiger partial charge in [0.25, 0.3) is 0 Å². The summed E-state index contributed by atoms with van der Waals surface area (Å²) in [6.45, 7) is 6.75. The lowest BCUT2D eigenvalue weighted by Crippen LogP contribution is -2.24. The van der Waals surface area contributed by atoms with Gasteiger partial charge in [0.2, 0.25) is 6.29 Å². The summed E-state index contributed by atoms with van der Waals surface area (Å²) in [6.07, 6.45) is 34.0. The Kier molecular flexibility index (Phi) is 31.6. The molecule has 0 heterocycles. The van der Waals surface area contributed by atoms with Gasteiger partial charge in [-0.15, -0.1) is 0 Å². The van der Waals surface area contributed by atoms with Crippen molar-refractivity contribution in [3.8, 4) is 0 Å². The minimum Gasteiger partial charge on any atom is -0.425 e. The molecule has 0 atom stereocenters. The highest BCUT2D eigenvalue weighted by Crippen LogP contribution is 2.17. The van der Waals surface area contributed by atoms with Crippen molar-refractivity contribution in [2.75, 3.05) is 0 Å². The molecule has 0 aliphatic rings. The Balaban J connectivity index is 4.15. The fourth-order valence-corrected chi connectivity index (χ4v) is 5.33. The summed E-state index contributed by atoms with van der Waals surface area (Å²) in [6, 6.07) is 0. The zero-order valence-electron chi connectivity index (χ0n) is 27.4. The molecular weight excluding hydrogens is 496 g/mol. The fraction of sp³-hybridized carbons (Fsp3) is 0.944. The van der Waals surface area contributed by atoms with E-state index in [1.807, 2.05) is 0 Å². The minimum atomic E-state index is -0.707. The van der Waals surface area contributed by atoms with Crippen molar-refractivity contribution in [2.24, 2.45) is 0 Å². The molecule has 0 rings (SSSR count). The predicted molar refractivity (Wildman–Crippen MR) is 172 cm³/mol. The van der Waals surface area contributed by atoms with Crippen LogP contribution in [-0.2, 0) is 19.1 Å². The molecule has 0 unspecified atom stereocenters. The normalized spacial score (nSPS) is 11.3. The van der Waals surface area contributed by atoms with Gasteiger partial charge < -0.3 is 9.47 Å². The van der Waals surface area contributed by atoms with Gasteiger partial charge in [0.15, 0.2) is 0 Å². The number of rotatable bonds is 32. The molecule has 40 heavy (non-hydrogen) atoms. The van der Waals surface area contributed by atoms with E-state index in [-0.39, 0.29) is 11.9 Å². The summed E-state index contributed by atoms with van der Waals surface area (Å²) in [4.78, 5) is 25.0. The Bertz CT molecular complexity index is 495. The molecule has 0 bridgehead atoms. The topological polar surface area (TPSA) is 52.6 Å². The summed E-state index contributed by atoms with van der Waals surface area (Å²) < 4.78 is 11.3. The highest BCUT2D eigenvalue weighted by Gasteiger charge is 2.18. The zero-order chi connectivity index (χ0) is 29.4. The molecule has 0 aliphatic carbocycles. The van der Waals surface area contributed by atoms with Gasteiger partial charge >= 0.3 is 11.9 Å². The van der Waals surface area contributed by atoms with Crippen LogP contribution in [0.3, 0.4) is 0 Å². The van der Waals surface area contributed by atoms with Gasteiger partial charge in [-0.2, -0.15) is 0 Å². The third kappa shape index (κ3) is 29.9. The molecule has 0 fully saturated rings. The Hall–Kier alpha value is -1.06. The molecule has 0 aromatic heterocycles. The Labute approximate surface area is 250 Å². The number of unbranched alkanes of at least 4 members (excludes halogenated alkanes) is 24. The number of carbonyl (C=O) groups is 2. The molecule has 4 nitrogen and oxygen atoms in total. The predicted octanol–water partition coefficient (Wildman–Crippen LogP) is 12.2. The lowest BCUT2D eigenvalue weighted by atomic mass is 10.1. The van der Waals surface area contributed by atoms with E-state index in [1.165, 1.54) is 135 Å². The molecule has 0 aliphatic heterocycles. The molecule has 0 radical (unpaired) electrons. The average Bonchev–Trinajstić information content (AvgIpc) is 2.94. The molecule has 4 heteroatoms. The van der Waals surface area contributed by atoms with Crippen LogP contribution in [-0.4, -0.2) is 18.2 Å². The van der Waals surface area contributed by atoms with E-state index >= 15 is 0 Å². The standard InChI is InChI=1S/C36H70O4/c1-4-7-10-13-16-18-20-23-25-28-31-34(37)39-36(33-30-27-22-15-12-9-6-3)40-35(38)32-29-26-24-21-19-17-14-11-8-5-2/h36H,4-33H2,1-3H3. The Morgan fingerprint density at radius 1 is 0.375 bits per heavy atom. The summed E-state index contributed by atoms with van der Waals surface area (Å²) in [7, 11) is 0. The van der Waals surface area contributed by atoms with Crippen molar-refractivity contribution in [2.45, 2.75) is 220 Å². The summed E-state index contributed by atoms with van der Waals surface area (Å²) >= 11 is 0. The molecule has 0 aromatic rings.